The average molecular weight is 463 g/mol. The lowest BCUT2D eigenvalue weighted by Gasteiger charge is -2.07. The quantitative estimate of drug-likeness (QED) is 0.338. The van der Waals surface area contributed by atoms with Crippen molar-refractivity contribution in [1.29, 1.82) is 0 Å². The fraction of sp³-hybridized carbons (Fsp3) is 0.0455. The largest absolute Gasteiger partial charge is 0.459 e. The Kier molecular flexibility index (Phi) is 5.88. The smallest absolute Gasteiger partial charge is 0.291 e. The van der Waals surface area contributed by atoms with Gasteiger partial charge in [-0.3, -0.25) is 4.79 Å². The molecule has 4 rings (SSSR count). The Hall–Kier alpha value is -2.70. The van der Waals surface area contributed by atoms with Gasteiger partial charge in [0.1, 0.15) is 23.9 Å². The number of amides is 1. The van der Waals surface area contributed by atoms with Crippen LogP contribution in [0.5, 0.6) is 0 Å². The zero-order chi connectivity index (χ0) is 21.3. The van der Waals surface area contributed by atoms with E-state index in [0.717, 1.165) is 0 Å². The first-order chi connectivity index (χ1) is 14.4. The zero-order valence-electron chi connectivity index (χ0n) is 15.3. The summed E-state index contributed by atoms with van der Waals surface area (Å²) in [5.74, 6) is 1.06. The lowest BCUT2D eigenvalue weighted by Crippen LogP contribution is -2.10. The minimum atomic E-state index is -0.432. The number of carbonyl (C=O) groups excluding carboxylic acids is 1. The molecule has 0 spiro atoms. The summed E-state index contributed by atoms with van der Waals surface area (Å²) in [6.07, 6.45) is 0. The molecule has 4 aromatic rings. The van der Waals surface area contributed by atoms with Gasteiger partial charge < -0.3 is 19.3 Å². The number of rotatable bonds is 5. The van der Waals surface area contributed by atoms with Gasteiger partial charge in [0.25, 0.3) is 5.91 Å². The minimum Gasteiger partial charge on any atom is -0.459 e. The van der Waals surface area contributed by atoms with Crippen LogP contribution in [0.4, 0.5) is 5.69 Å². The third-order valence-corrected chi connectivity index (χ3v) is 5.05. The van der Waals surface area contributed by atoms with Crippen molar-refractivity contribution < 1.29 is 18.7 Å². The molecule has 0 aliphatic rings. The first-order valence-electron chi connectivity index (χ1n) is 8.80. The molecular formula is C22H14Cl3NO4. The van der Waals surface area contributed by atoms with Crippen molar-refractivity contribution >= 4 is 46.4 Å². The lowest BCUT2D eigenvalue weighted by molar-refractivity contribution is 0.0997. The molecule has 0 aliphatic heterocycles. The van der Waals surface area contributed by atoms with Crippen LogP contribution in [0.3, 0.4) is 0 Å². The molecular weight excluding hydrogens is 449 g/mol. The molecule has 0 saturated carbocycles. The highest BCUT2D eigenvalue weighted by atomic mass is 35.5. The number of carbonyl (C=O) groups is 1. The van der Waals surface area contributed by atoms with Crippen molar-refractivity contribution in [1.82, 2.24) is 0 Å². The minimum absolute atomic E-state index is 0.123. The number of anilines is 1. The maximum absolute atomic E-state index is 12.6. The van der Waals surface area contributed by atoms with Gasteiger partial charge in [0.2, 0.25) is 0 Å². The summed E-state index contributed by atoms with van der Waals surface area (Å²) >= 11 is 18.3. The second-order valence-electron chi connectivity index (χ2n) is 6.39. The lowest BCUT2D eigenvalue weighted by atomic mass is 10.1. The van der Waals surface area contributed by atoms with Crippen molar-refractivity contribution in [3.05, 3.63) is 87.3 Å². The van der Waals surface area contributed by atoms with Gasteiger partial charge in [0.05, 0.1) is 5.02 Å². The van der Waals surface area contributed by atoms with Gasteiger partial charge in [0, 0.05) is 26.9 Å². The molecule has 2 N–H and O–H groups in total. The molecule has 5 nitrogen and oxygen atoms in total. The van der Waals surface area contributed by atoms with E-state index in [2.05, 4.69) is 5.32 Å². The predicted molar refractivity (Wildman–Crippen MR) is 117 cm³/mol. The van der Waals surface area contributed by atoms with Crippen LogP contribution in [0.2, 0.25) is 15.1 Å². The van der Waals surface area contributed by atoms with Gasteiger partial charge in [-0.25, -0.2) is 0 Å². The molecule has 0 fully saturated rings. The van der Waals surface area contributed by atoms with Gasteiger partial charge in [-0.2, -0.15) is 0 Å². The molecule has 0 unspecified atom stereocenters. The first-order valence-corrected chi connectivity index (χ1v) is 9.93. The number of benzene rings is 2. The van der Waals surface area contributed by atoms with Crippen LogP contribution in [0.15, 0.2) is 69.5 Å². The van der Waals surface area contributed by atoms with Gasteiger partial charge >= 0.3 is 0 Å². The van der Waals surface area contributed by atoms with Crippen LogP contribution in [0, 0.1) is 0 Å². The van der Waals surface area contributed by atoms with Crippen molar-refractivity contribution in [3.8, 4) is 22.6 Å². The summed E-state index contributed by atoms with van der Waals surface area (Å²) in [7, 11) is 0. The molecule has 1 amide bonds. The molecule has 2 heterocycles. The number of aliphatic hydroxyl groups is 1. The Balaban J connectivity index is 1.56. The van der Waals surface area contributed by atoms with Crippen molar-refractivity contribution in [2.45, 2.75) is 6.61 Å². The van der Waals surface area contributed by atoms with E-state index in [4.69, 9.17) is 43.6 Å². The average Bonchev–Trinajstić information content (AvgIpc) is 3.38. The number of furan rings is 2. The number of hydrogen-bond acceptors (Lipinski definition) is 4. The first kappa shape index (κ1) is 20.6. The molecule has 0 saturated heterocycles. The molecule has 8 heteroatoms. The maximum atomic E-state index is 12.6. The molecule has 152 valence electrons. The number of hydrogen-bond donors (Lipinski definition) is 2. The summed E-state index contributed by atoms with van der Waals surface area (Å²) in [5, 5.41) is 13.3. The Morgan fingerprint density at radius 1 is 0.867 bits per heavy atom. The SMILES string of the molecule is O=C(Nc1ccc(Cl)c(-c2ccc(CO)o2)c1)c1ccc(-c2cc(Cl)cc(Cl)c2)o1. The van der Waals surface area contributed by atoms with Crippen LogP contribution in [0.25, 0.3) is 22.6 Å². The maximum Gasteiger partial charge on any atom is 0.291 e. The van der Waals surface area contributed by atoms with Crippen LogP contribution in [-0.4, -0.2) is 11.0 Å². The Morgan fingerprint density at radius 3 is 2.30 bits per heavy atom. The summed E-state index contributed by atoms with van der Waals surface area (Å²) in [6, 6.07) is 16.6. The van der Waals surface area contributed by atoms with E-state index >= 15 is 0 Å². The second kappa shape index (κ2) is 8.58. The van der Waals surface area contributed by atoms with Gasteiger partial charge in [0.15, 0.2) is 5.76 Å². The van der Waals surface area contributed by atoms with Crippen LogP contribution < -0.4 is 5.32 Å². The van der Waals surface area contributed by atoms with Crippen LogP contribution >= 0.6 is 34.8 Å². The topological polar surface area (TPSA) is 75.6 Å². The van der Waals surface area contributed by atoms with E-state index < -0.39 is 5.91 Å². The summed E-state index contributed by atoms with van der Waals surface area (Å²) < 4.78 is 11.2. The number of halogens is 3. The Morgan fingerprint density at radius 2 is 1.60 bits per heavy atom. The van der Waals surface area contributed by atoms with E-state index in [0.29, 0.717) is 49.2 Å². The second-order valence-corrected chi connectivity index (χ2v) is 7.67. The van der Waals surface area contributed by atoms with Crippen molar-refractivity contribution in [2.24, 2.45) is 0 Å². The third-order valence-electron chi connectivity index (χ3n) is 4.28. The highest BCUT2D eigenvalue weighted by Gasteiger charge is 2.15. The zero-order valence-corrected chi connectivity index (χ0v) is 17.6. The predicted octanol–water partition coefficient (Wildman–Crippen LogP) is 6.91. The highest BCUT2D eigenvalue weighted by molar-refractivity contribution is 6.35. The highest BCUT2D eigenvalue weighted by Crippen LogP contribution is 2.33. The van der Waals surface area contributed by atoms with E-state index in [1.165, 1.54) is 0 Å². The van der Waals surface area contributed by atoms with Crippen LogP contribution in [0.1, 0.15) is 16.3 Å². The van der Waals surface area contributed by atoms with Gasteiger partial charge in [-0.1, -0.05) is 34.8 Å². The summed E-state index contributed by atoms with van der Waals surface area (Å²) in [4.78, 5) is 12.6. The van der Waals surface area contributed by atoms with Crippen molar-refractivity contribution in [2.75, 3.05) is 5.32 Å². The normalized spacial score (nSPS) is 10.9. The standard InChI is InChI=1S/C22H14Cl3NO4/c23-13-7-12(8-14(24)9-13)19-5-6-21(30-19)22(28)26-15-1-3-18(25)17(10-15)20-4-2-16(11-27)29-20/h1-10,27H,11H2,(H,26,28). The summed E-state index contributed by atoms with van der Waals surface area (Å²) in [6.45, 7) is -0.216. The van der Waals surface area contributed by atoms with E-state index in [1.54, 1.807) is 60.7 Å². The molecule has 0 radical (unpaired) electrons. The van der Waals surface area contributed by atoms with Gasteiger partial charge in [-0.15, -0.1) is 0 Å². The van der Waals surface area contributed by atoms with E-state index in [9.17, 15) is 9.90 Å². The molecule has 0 aliphatic carbocycles. The monoisotopic (exact) mass is 461 g/mol. The van der Waals surface area contributed by atoms with E-state index in [1.807, 2.05) is 0 Å². The third kappa shape index (κ3) is 4.40. The van der Waals surface area contributed by atoms with Crippen LogP contribution in [-0.2, 0) is 6.61 Å². The molecule has 2 aromatic heterocycles. The fourth-order valence-electron chi connectivity index (χ4n) is 2.90. The molecule has 0 bridgehead atoms. The fourth-order valence-corrected chi connectivity index (χ4v) is 3.64. The number of nitrogens with one attached hydrogen (secondary N) is 1. The molecule has 30 heavy (non-hydrogen) atoms. The molecule has 0 atom stereocenters. The Labute approximate surface area is 186 Å². The summed E-state index contributed by atoms with van der Waals surface area (Å²) in [5.41, 5.74) is 1.76. The molecule has 2 aromatic carbocycles. The Bertz CT molecular complexity index is 1210. The van der Waals surface area contributed by atoms with Crippen molar-refractivity contribution in [3.63, 3.8) is 0 Å². The van der Waals surface area contributed by atoms with E-state index in [-0.39, 0.29) is 12.4 Å². The van der Waals surface area contributed by atoms with Gasteiger partial charge in [-0.05, 0) is 60.7 Å². The number of aliphatic hydroxyl groups excluding tert-OH is 1.